The van der Waals surface area contributed by atoms with Gasteiger partial charge in [-0.3, -0.25) is 9.59 Å². The summed E-state index contributed by atoms with van der Waals surface area (Å²) in [4.78, 5) is 41.2. The Hall–Kier alpha value is -2.09. The Morgan fingerprint density at radius 3 is 2.63 bits per heavy atom. The van der Waals surface area contributed by atoms with E-state index in [1.807, 2.05) is 17.5 Å². The third-order valence-corrected chi connectivity index (χ3v) is 6.04. The predicted octanol–water partition coefficient (Wildman–Crippen LogP) is 2.34. The number of nitrogens with one attached hydrogen (secondary N) is 1. The number of carbonyl (C=O) groups excluding carboxylic acids is 3. The number of rotatable bonds is 4. The van der Waals surface area contributed by atoms with Crippen LogP contribution in [0.2, 0.25) is 0 Å². The van der Waals surface area contributed by atoms with E-state index in [1.165, 1.54) is 11.3 Å². The number of hydrogen-bond donors (Lipinski definition) is 1. The lowest BCUT2D eigenvalue weighted by atomic mass is 9.95. The van der Waals surface area contributed by atoms with E-state index < -0.39 is 0 Å². The molecule has 2 fully saturated rings. The minimum Gasteiger partial charge on any atom is -0.450 e. The highest BCUT2D eigenvalue weighted by molar-refractivity contribution is 7.12. The monoisotopic (exact) mass is 393 g/mol. The fourth-order valence-corrected chi connectivity index (χ4v) is 4.36. The molecule has 0 bridgehead atoms. The number of likely N-dealkylation sites (tertiary alicyclic amines) is 2. The third-order valence-electron chi connectivity index (χ3n) is 5.18. The normalized spacial score (nSPS) is 21.0. The van der Waals surface area contributed by atoms with Gasteiger partial charge >= 0.3 is 6.09 Å². The first-order chi connectivity index (χ1) is 13.1. The Balaban J connectivity index is 1.47. The second-order valence-electron chi connectivity index (χ2n) is 7.04. The first-order valence-electron chi connectivity index (χ1n) is 9.63. The van der Waals surface area contributed by atoms with Gasteiger partial charge < -0.3 is 19.9 Å². The minimum atomic E-state index is -0.280. The quantitative estimate of drug-likeness (QED) is 0.852. The number of thiophene rings is 1. The van der Waals surface area contributed by atoms with Gasteiger partial charge in [0.2, 0.25) is 5.91 Å². The van der Waals surface area contributed by atoms with Crippen molar-refractivity contribution in [2.75, 3.05) is 32.8 Å². The molecule has 1 aromatic rings. The first-order valence-corrected chi connectivity index (χ1v) is 10.5. The molecular weight excluding hydrogens is 366 g/mol. The van der Waals surface area contributed by atoms with Crippen LogP contribution in [0.4, 0.5) is 4.79 Å². The van der Waals surface area contributed by atoms with Crippen molar-refractivity contribution < 1.29 is 19.1 Å². The summed E-state index contributed by atoms with van der Waals surface area (Å²) in [5, 5.41) is 5.01. The van der Waals surface area contributed by atoms with E-state index in [9.17, 15) is 14.4 Å². The topological polar surface area (TPSA) is 79.0 Å². The molecule has 1 atom stereocenters. The van der Waals surface area contributed by atoms with Gasteiger partial charge in [-0.2, -0.15) is 0 Å². The summed E-state index contributed by atoms with van der Waals surface area (Å²) in [6, 6.07) is 3.77. The van der Waals surface area contributed by atoms with Crippen LogP contribution in [-0.2, 0) is 9.53 Å². The fraction of sp³-hybridized carbons (Fsp3) is 0.632. The maximum atomic E-state index is 12.7. The van der Waals surface area contributed by atoms with Crippen LogP contribution < -0.4 is 5.32 Å². The Labute approximate surface area is 163 Å². The van der Waals surface area contributed by atoms with Gasteiger partial charge in [0, 0.05) is 32.2 Å². The number of piperidine rings is 2. The van der Waals surface area contributed by atoms with Gasteiger partial charge in [-0.15, -0.1) is 11.3 Å². The van der Waals surface area contributed by atoms with Gasteiger partial charge in [0.15, 0.2) is 0 Å². The van der Waals surface area contributed by atoms with Crippen molar-refractivity contribution in [2.45, 2.75) is 38.6 Å². The molecule has 8 heteroatoms. The Morgan fingerprint density at radius 2 is 1.96 bits per heavy atom. The van der Waals surface area contributed by atoms with Crippen LogP contribution in [-0.4, -0.2) is 66.5 Å². The van der Waals surface area contributed by atoms with Crippen LogP contribution in [0.3, 0.4) is 0 Å². The second kappa shape index (κ2) is 9.21. The average molecular weight is 394 g/mol. The smallest absolute Gasteiger partial charge is 0.409 e. The van der Waals surface area contributed by atoms with Crippen LogP contribution in [0, 0.1) is 5.92 Å². The van der Waals surface area contributed by atoms with Gasteiger partial charge in [0.1, 0.15) is 0 Å². The molecule has 2 aliphatic heterocycles. The van der Waals surface area contributed by atoms with Gasteiger partial charge in [-0.1, -0.05) is 6.07 Å². The molecule has 7 nitrogen and oxygen atoms in total. The highest BCUT2D eigenvalue weighted by Gasteiger charge is 2.31. The first kappa shape index (κ1) is 19.7. The van der Waals surface area contributed by atoms with Crippen LogP contribution in [0.25, 0.3) is 0 Å². The zero-order valence-corrected chi connectivity index (χ0v) is 16.5. The predicted molar refractivity (Wildman–Crippen MR) is 103 cm³/mol. The Morgan fingerprint density at radius 1 is 1.19 bits per heavy atom. The number of carbonyl (C=O) groups is 3. The van der Waals surface area contributed by atoms with E-state index in [-0.39, 0.29) is 29.9 Å². The number of hydrogen-bond acceptors (Lipinski definition) is 5. The number of nitrogens with zero attached hydrogens (tertiary/aromatic N) is 2. The summed E-state index contributed by atoms with van der Waals surface area (Å²) in [6.45, 7) is 4.54. The Bertz CT molecular complexity index is 656. The summed E-state index contributed by atoms with van der Waals surface area (Å²) in [6.07, 6.45) is 2.83. The van der Waals surface area contributed by atoms with Crippen LogP contribution in [0.1, 0.15) is 42.3 Å². The molecule has 1 N–H and O–H groups in total. The molecule has 0 saturated carbocycles. The molecule has 1 aromatic heterocycles. The van der Waals surface area contributed by atoms with Crippen molar-refractivity contribution in [1.29, 1.82) is 0 Å². The van der Waals surface area contributed by atoms with Crippen molar-refractivity contribution >= 4 is 29.2 Å². The molecule has 2 saturated heterocycles. The zero-order valence-electron chi connectivity index (χ0n) is 15.7. The molecule has 3 heterocycles. The maximum absolute atomic E-state index is 12.7. The van der Waals surface area contributed by atoms with E-state index in [4.69, 9.17) is 4.74 Å². The molecule has 2 aliphatic rings. The third kappa shape index (κ3) is 5.00. The second-order valence-corrected chi connectivity index (χ2v) is 7.98. The molecular formula is C19H27N3O4S. The molecule has 3 amide bonds. The van der Waals surface area contributed by atoms with Crippen molar-refractivity contribution in [3.63, 3.8) is 0 Å². The molecule has 0 aliphatic carbocycles. The van der Waals surface area contributed by atoms with E-state index >= 15 is 0 Å². The van der Waals surface area contributed by atoms with E-state index in [0.717, 1.165) is 30.6 Å². The molecule has 1 unspecified atom stereocenters. The molecule has 27 heavy (non-hydrogen) atoms. The summed E-state index contributed by atoms with van der Waals surface area (Å²) < 4.78 is 5.02. The lowest BCUT2D eigenvalue weighted by Crippen LogP contribution is -2.50. The van der Waals surface area contributed by atoms with Crippen molar-refractivity contribution in [1.82, 2.24) is 15.1 Å². The average Bonchev–Trinajstić information content (AvgIpc) is 3.23. The van der Waals surface area contributed by atoms with Crippen molar-refractivity contribution in [2.24, 2.45) is 5.92 Å². The van der Waals surface area contributed by atoms with Crippen LogP contribution >= 0.6 is 11.3 Å². The molecule has 0 radical (unpaired) electrons. The lowest BCUT2D eigenvalue weighted by Gasteiger charge is -2.35. The van der Waals surface area contributed by atoms with E-state index in [0.29, 0.717) is 32.8 Å². The largest absolute Gasteiger partial charge is 0.450 e. The highest BCUT2D eigenvalue weighted by atomic mass is 32.1. The molecule has 0 aromatic carbocycles. The van der Waals surface area contributed by atoms with Gasteiger partial charge in [-0.25, -0.2) is 4.79 Å². The van der Waals surface area contributed by atoms with Gasteiger partial charge in [-0.05, 0) is 44.1 Å². The Kier molecular flexibility index (Phi) is 6.71. The summed E-state index contributed by atoms with van der Waals surface area (Å²) in [5.41, 5.74) is 0. The van der Waals surface area contributed by atoms with E-state index in [1.54, 1.807) is 16.7 Å². The van der Waals surface area contributed by atoms with Crippen molar-refractivity contribution in [3.05, 3.63) is 22.4 Å². The number of amides is 3. The van der Waals surface area contributed by atoms with Crippen LogP contribution in [0.15, 0.2) is 17.5 Å². The SMILES string of the molecule is CCOC(=O)N1CCC(NC(=O)C2CCCN(C(=O)c3cccs3)C2)CC1. The summed E-state index contributed by atoms with van der Waals surface area (Å²) in [5.74, 6) is -0.121. The standard InChI is InChI=1S/C19H27N3O4S/c1-2-26-19(25)21-10-7-15(8-11-21)20-17(23)14-5-3-9-22(13-14)18(24)16-6-4-12-27-16/h4,6,12,14-15H,2-3,5,7-11,13H2,1H3,(H,20,23). The summed E-state index contributed by atoms with van der Waals surface area (Å²) in [7, 11) is 0. The van der Waals surface area contributed by atoms with Crippen LogP contribution in [0.5, 0.6) is 0 Å². The fourth-order valence-electron chi connectivity index (χ4n) is 3.67. The maximum Gasteiger partial charge on any atom is 0.409 e. The zero-order chi connectivity index (χ0) is 19.2. The van der Waals surface area contributed by atoms with Gasteiger partial charge in [0.05, 0.1) is 17.4 Å². The molecule has 0 spiro atoms. The minimum absolute atomic E-state index is 0.0187. The highest BCUT2D eigenvalue weighted by Crippen LogP contribution is 2.21. The van der Waals surface area contributed by atoms with E-state index in [2.05, 4.69) is 5.32 Å². The lowest BCUT2D eigenvalue weighted by molar-refractivity contribution is -0.127. The molecule has 3 rings (SSSR count). The van der Waals surface area contributed by atoms with Gasteiger partial charge in [0.25, 0.3) is 5.91 Å². The van der Waals surface area contributed by atoms with Crippen molar-refractivity contribution in [3.8, 4) is 0 Å². The molecule has 148 valence electrons. The number of ether oxygens (including phenoxy) is 1. The summed E-state index contributed by atoms with van der Waals surface area (Å²) >= 11 is 1.43.